The highest BCUT2D eigenvalue weighted by Crippen LogP contribution is 2.23. The number of nitrogens with one attached hydrogen (secondary N) is 2. The zero-order valence-electron chi connectivity index (χ0n) is 11.1. The van der Waals surface area contributed by atoms with Crippen LogP contribution in [0.4, 0.5) is 0 Å². The fourth-order valence-corrected chi connectivity index (χ4v) is 2.37. The van der Waals surface area contributed by atoms with Gasteiger partial charge in [0.25, 0.3) is 0 Å². The minimum atomic E-state index is 0.315. The van der Waals surface area contributed by atoms with Crippen LogP contribution < -0.4 is 10.6 Å². The average Bonchev–Trinajstić information content (AvgIpc) is 2.28. The van der Waals surface area contributed by atoms with Gasteiger partial charge in [-0.3, -0.25) is 0 Å². The number of ether oxygens (including phenoxy) is 1. The van der Waals surface area contributed by atoms with E-state index in [-0.39, 0.29) is 0 Å². The molecule has 0 aliphatic heterocycles. The molecule has 0 spiro atoms. The first-order valence-corrected chi connectivity index (χ1v) is 6.69. The van der Waals surface area contributed by atoms with Gasteiger partial charge < -0.3 is 15.4 Å². The number of rotatable bonds is 7. The quantitative estimate of drug-likeness (QED) is 0.652. The monoisotopic (exact) mass is 228 g/mol. The number of hydrogen-bond acceptors (Lipinski definition) is 3. The fraction of sp³-hybridized carbons (Fsp3) is 1.00. The third-order valence-electron chi connectivity index (χ3n) is 3.51. The van der Waals surface area contributed by atoms with Crippen LogP contribution in [0.25, 0.3) is 0 Å². The van der Waals surface area contributed by atoms with Crippen LogP contribution in [0.5, 0.6) is 0 Å². The largest absolute Gasteiger partial charge is 0.380 e. The predicted octanol–water partition coefficient (Wildman–Crippen LogP) is 1.78. The highest BCUT2D eigenvalue weighted by Gasteiger charge is 2.17. The van der Waals surface area contributed by atoms with E-state index in [0.29, 0.717) is 6.10 Å². The van der Waals surface area contributed by atoms with Gasteiger partial charge >= 0.3 is 0 Å². The molecular weight excluding hydrogens is 200 g/mol. The Morgan fingerprint density at radius 3 is 2.81 bits per heavy atom. The molecule has 16 heavy (non-hydrogen) atoms. The third-order valence-corrected chi connectivity index (χ3v) is 3.51. The van der Waals surface area contributed by atoms with Gasteiger partial charge in [-0.05, 0) is 25.7 Å². The molecule has 3 heteroatoms. The van der Waals surface area contributed by atoms with Crippen LogP contribution in [-0.4, -0.2) is 38.9 Å². The topological polar surface area (TPSA) is 33.3 Å². The summed E-state index contributed by atoms with van der Waals surface area (Å²) in [6, 6.07) is 0.755. The number of methoxy groups -OCH3 is 1. The van der Waals surface area contributed by atoms with E-state index in [1.807, 2.05) is 0 Å². The van der Waals surface area contributed by atoms with Crippen molar-refractivity contribution in [3.05, 3.63) is 0 Å². The van der Waals surface area contributed by atoms with Crippen molar-refractivity contribution in [1.29, 1.82) is 0 Å². The Kier molecular flexibility index (Phi) is 7.01. The summed E-state index contributed by atoms with van der Waals surface area (Å²) in [5.41, 5.74) is 0. The van der Waals surface area contributed by atoms with Crippen LogP contribution in [0.1, 0.15) is 39.5 Å². The minimum Gasteiger partial charge on any atom is -0.380 e. The molecule has 0 amide bonds. The molecule has 1 aliphatic carbocycles. The average molecular weight is 228 g/mol. The summed E-state index contributed by atoms with van der Waals surface area (Å²) in [7, 11) is 1.76. The zero-order valence-corrected chi connectivity index (χ0v) is 11.1. The molecule has 1 aliphatic rings. The summed E-state index contributed by atoms with van der Waals surface area (Å²) in [6.45, 7) is 7.52. The van der Waals surface area contributed by atoms with E-state index >= 15 is 0 Å². The van der Waals surface area contributed by atoms with Gasteiger partial charge in [0.05, 0.1) is 6.10 Å². The van der Waals surface area contributed by atoms with E-state index < -0.39 is 0 Å². The summed E-state index contributed by atoms with van der Waals surface area (Å²) in [4.78, 5) is 0. The van der Waals surface area contributed by atoms with Gasteiger partial charge in [-0.15, -0.1) is 0 Å². The van der Waals surface area contributed by atoms with E-state index in [1.165, 1.54) is 25.7 Å². The van der Waals surface area contributed by atoms with Crippen LogP contribution >= 0.6 is 0 Å². The smallest absolute Gasteiger partial charge is 0.0667 e. The molecule has 0 radical (unpaired) electrons. The SMILES string of the molecule is COC(C)CNCCNC1CCCC(C)C1. The first-order valence-electron chi connectivity index (χ1n) is 6.69. The van der Waals surface area contributed by atoms with Crippen molar-refractivity contribution >= 4 is 0 Å². The van der Waals surface area contributed by atoms with Gasteiger partial charge in [-0.25, -0.2) is 0 Å². The molecule has 1 rings (SSSR count). The maximum Gasteiger partial charge on any atom is 0.0667 e. The van der Waals surface area contributed by atoms with Crippen molar-refractivity contribution in [2.24, 2.45) is 5.92 Å². The molecule has 96 valence electrons. The molecule has 3 unspecified atom stereocenters. The normalized spacial score (nSPS) is 27.9. The summed E-state index contributed by atoms with van der Waals surface area (Å²) < 4.78 is 5.18. The zero-order chi connectivity index (χ0) is 11.8. The lowest BCUT2D eigenvalue weighted by Gasteiger charge is -2.27. The van der Waals surface area contributed by atoms with Crippen molar-refractivity contribution < 1.29 is 4.74 Å². The molecule has 1 saturated carbocycles. The van der Waals surface area contributed by atoms with Gasteiger partial charge in [0.2, 0.25) is 0 Å². The predicted molar refractivity (Wildman–Crippen MR) is 68.8 cm³/mol. The second kappa shape index (κ2) is 8.04. The van der Waals surface area contributed by atoms with E-state index in [1.54, 1.807) is 7.11 Å². The summed E-state index contributed by atoms with van der Waals surface area (Å²) in [5.74, 6) is 0.910. The van der Waals surface area contributed by atoms with Crippen molar-refractivity contribution in [3.8, 4) is 0 Å². The summed E-state index contributed by atoms with van der Waals surface area (Å²) in [6.07, 6.45) is 5.84. The molecule has 0 aromatic rings. The molecule has 0 aromatic heterocycles. The van der Waals surface area contributed by atoms with E-state index in [9.17, 15) is 0 Å². The third kappa shape index (κ3) is 5.83. The highest BCUT2D eigenvalue weighted by molar-refractivity contribution is 4.75. The fourth-order valence-electron chi connectivity index (χ4n) is 2.37. The van der Waals surface area contributed by atoms with Crippen LogP contribution in [0.3, 0.4) is 0 Å². The van der Waals surface area contributed by atoms with Crippen molar-refractivity contribution in [3.63, 3.8) is 0 Å². The lowest BCUT2D eigenvalue weighted by molar-refractivity contribution is 0.117. The molecule has 2 N–H and O–H groups in total. The van der Waals surface area contributed by atoms with Crippen molar-refractivity contribution in [2.75, 3.05) is 26.7 Å². The molecule has 0 aromatic carbocycles. The maximum atomic E-state index is 5.18. The Balaban J connectivity index is 1.94. The van der Waals surface area contributed by atoms with Crippen LogP contribution in [0, 0.1) is 5.92 Å². The van der Waals surface area contributed by atoms with Gasteiger partial charge in [0.15, 0.2) is 0 Å². The first-order chi connectivity index (χ1) is 7.72. The Labute approximate surface area is 100 Å². The van der Waals surface area contributed by atoms with Gasteiger partial charge in [0, 0.05) is 32.8 Å². The van der Waals surface area contributed by atoms with Crippen molar-refractivity contribution in [1.82, 2.24) is 10.6 Å². The molecular formula is C13H28N2O. The molecule has 0 heterocycles. The molecule has 3 nitrogen and oxygen atoms in total. The van der Waals surface area contributed by atoms with Crippen LogP contribution in [0.2, 0.25) is 0 Å². The molecule has 1 fully saturated rings. The van der Waals surface area contributed by atoms with Gasteiger partial charge in [-0.1, -0.05) is 19.8 Å². The van der Waals surface area contributed by atoms with Crippen LogP contribution in [0.15, 0.2) is 0 Å². The van der Waals surface area contributed by atoms with Gasteiger partial charge in [0.1, 0.15) is 0 Å². The summed E-state index contributed by atoms with van der Waals surface area (Å²) in [5, 5.41) is 7.04. The van der Waals surface area contributed by atoms with E-state index in [4.69, 9.17) is 4.74 Å². The Morgan fingerprint density at radius 1 is 1.31 bits per heavy atom. The Morgan fingerprint density at radius 2 is 2.12 bits per heavy atom. The lowest BCUT2D eigenvalue weighted by atomic mass is 9.87. The molecule has 3 atom stereocenters. The standard InChI is InChI=1S/C13H28N2O/c1-11-5-4-6-13(9-11)15-8-7-14-10-12(2)16-3/h11-15H,4-10H2,1-3H3. The maximum absolute atomic E-state index is 5.18. The first kappa shape index (κ1) is 13.9. The van der Waals surface area contributed by atoms with E-state index in [2.05, 4.69) is 24.5 Å². The summed E-state index contributed by atoms with van der Waals surface area (Å²) >= 11 is 0. The molecule has 0 bridgehead atoms. The van der Waals surface area contributed by atoms with Gasteiger partial charge in [-0.2, -0.15) is 0 Å². The lowest BCUT2D eigenvalue weighted by Crippen LogP contribution is -2.39. The molecule has 0 saturated heterocycles. The second-order valence-corrected chi connectivity index (χ2v) is 5.17. The number of hydrogen-bond donors (Lipinski definition) is 2. The second-order valence-electron chi connectivity index (χ2n) is 5.17. The van der Waals surface area contributed by atoms with E-state index in [0.717, 1.165) is 31.6 Å². The minimum absolute atomic E-state index is 0.315. The van der Waals surface area contributed by atoms with Crippen molar-refractivity contribution in [2.45, 2.75) is 51.7 Å². The Hall–Kier alpha value is -0.120. The highest BCUT2D eigenvalue weighted by atomic mass is 16.5. The van der Waals surface area contributed by atoms with Crippen LogP contribution in [-0.2, 0) is 4.74 Å². The Bertz CT molecular complexity index is 175.